The van der Waals surface area contributed by atoms with Gasteiger partial charge in [0.05, 0.1) is 6.04 Å². The fourth-order valence-corrected chi connectivity index (χ4v) is 4.23. The first kappa shape index (κ1) is 16.1. The van der Waals surface area contributed by atoms with E-state index in [0.29, 0.717) is 12.1 Å². The molecule has 0 bridgehead atoms. The van der Waals surface area contributed by atoms with Crippen molar-refractivity contribution < 1.29 is 8.42 Å². The fraction of sp³-hybridized carbons (Fsp3) is 0.500. The van der Waals surface area contributed by atoms with E-state index in [1.807, 2.05) is 12.3 Å². The molecule has 3 N–H and O–H groups in total. The van der Waals surface area contributed by atoms with Crippen molar-refractivity contribution in [3.8, 4) is 0 Å². The SMILES string of the molecule is CNCc1c(S(=O)(=O)NC(C)c2nc(C)cs2)n[nH]c1C. The van der Waals surface area contributed by atoms with E-state index < -0.39 is 16.1 Å². The molecule has 0 saturated heterocycles. The van der Waals surface area contributed by atoms with Gasteiger partial charge in [-0.15, -0.1) is 11.3 Å². The number of aromatic amines is 1. The van der Waals surface area contributed by atoms with Gasteiger partial charge in [0, 0.05) is 28.9 Å². The van der Waals surface area contributed by atoms with E-state index in [0.717, 1.165) is 16.4 Å². The second-order valence-electron chi connectivity index (χ2n) is 4.83. The number of sulfonamides is 1. The molecule has 0 spiro atoms. The summed E-state index contributed by atoms with van der Waals surface area (Å²) in [7, 11) is -1.93. The lowest BCUT2D eigenvalue weighted by molar-refractivity contribution is 0.560. The van der Waals surface area contributed by atoms with Crippen molar-refractivity contribution in [1.29, 1.82) is 0 Å². The Morgan fingerprint density at radius 1 is 1.43 bits per heavy atom. The lowest BCUT2D eigenvalue weighted by atomic mass is 10.3. The minimum absolute atomic E-state index is 0.0366. The van der Waals surface area contributed by atoms with Crippen LogP contribution in [0.4, 0.5) is 0 Å². The average Bonchev–Trinajstić information content (AvgIpc) is 2.97. The molecular weight excluding hydrogens is 310 g/mol. The Kier molecular flexibility index (Phi) is 4.77. The van der Waals surface area contributed by atoms with Crippen LogP contribution in [0.15, 0.2) is 10.4 Å². The Morgan fingerprint density at radius 3 is 2.71 bits per heavy atom. The maximum absolute atomic E-state index is 12.5. The van der Waals surface area contributed by atoms with E-state index in [1.165, 1.54) is 11.3 Å². The van der Waals surface area contributed by atoms with Crippen LogP contribution in [-0.4, -0.2) is 30.6 Å². The molecule has 7 nitrogen and oxygen atoms in total. The van der Waals surface area contributed by atoms with Gasteiger partial charge < -0.3 is 5.32 Å². The van der Waals surface area contributed by atoms with Gasteiger partial charge in [-0.25, -0.2) is 18.1 Å². The van der Waals surface area contributed by atoms with Crippen molar-refractivity contribution in [3.63, 3.8) is 0 Å². The summed E-state index contributed by atoms with van der Waals surface area (Å²) in [6.45, 7) is 5.88. The normalized spacial score (nSPS) is 13.5. The molecule has 2 heterocycles. The highest BCUT2D eigenvalue weighted by Crippen LogP contribution is 2.22. The van der Waals surface area contributed by atoms with Gasteiger partial charge in [0.1, 0.15) is 5.01 Å². The van der Waals surface area contributed by atoms with E-state index in [2.05, 4.69) is 25.2 Å². The third-order valence-electron chi connectivity index (χ3n) is 2.98. The fourth-order valence-electron chi connectivity index (χ4n) is 1.95. The van der Waals surface area contributed by atoms with Crippen LogP contribution in [0.2, 0.25) is 0 Å². The number of thiazole rings is 1. The molecule has 0 aliphatic rings. The number of nitrogens with one attached hydrogen (secondary N) is 3. The van der Waals surface area contributed by atoms with Crippen LogP contribution in [0, 0.1) is 13.8 Å². The van der Waals surface area contributed by atoms with Crippen molar-refractivity contribution in [3.05, 3.63) is 27.3 Å². The van der Waals surface area contributed by atoms with Gasteiger partial charge in [0.2, 0.25) is 0 Å². The molecule has 2 aromatic heterocycles. The number of hydrogen-bond donors (Lipinski definition) is 3. The van der Waals surface area contributed by atoms with Gasteiger partial charge in [0.25, 0.3) is 10.0 Å². The lowest BCUT2D eigenvalue weighted by Gasteiger charge is -2.11. The molecule has 1 atom stereocenters. The molecular formula is C12H19N5O2S2. The third kappa shape index (κ3) is 3.49. The van der Waals surface area contributed by atoms with Crippen molar-refractivity contribution in [1.82, 2.24) is 25.2 Å². The lowest BCUT2D eigenvalue weighted by Crippen LogP contribution is -2.28. The van der Waals surface area contributed by atoms with Gasteiger partial charge in [0.15, 0.2) is 5.03 Å². The van der Waals surface area contributed by atoms with Crippen LogP contribution >= 0.6 is 11.3 Å². The van der Waals surface area contributed by atoms with E-state index in [9.17, 15) is 8.42 Å². The Hall–Kier alpha value is -1.29. The summed E-state index contributed by atoms with van der Waals surface area (Å²) in [4.78, 5) is 4.30. The number of rotatable bonds is 6. The summed E-state index contributed by atoms with van der Waals surface area (Å²) in [5.41, 5.74) is 2.27. The smallest absolute Gasteiger partial charge is 0.260 e. The molecule has 1 unspecified atom stereocenters. The maximum Gasteiger partial charge on any atom is 0.260 e. The predicted octanol–water partition coefficient (Wildman–Crippen LogP) is 1.24. The van der Waals surface area contributed by atoms with Crippen molar-refractivity contribution >= 4 is 21.4 Å². The molecule has 0 aromatic carbocycles. The second kappa shape index (κ2) is 6.22. The topological polar surface area (TPSA) is 99.8 Å². The van der Waals surface area contributed by atoms with Gasteiger partial charge in [-0.3, -0.25) is 5.10 Å². The molecule has 0 aliphatic heterocycles. The highest BCUT2D eigenvalue weighted by Gasteiger charge is 2.26. The maximum atomic E-state index is 12.5. The van der Waals surface area contributed by atoms with Gasteiger partial charge >= 0.3 is 0 Å². The summed E-state index contributed by atoms with van der Waals surface area (Å²) in [5, 5.41) is 12.3. The quantitative estimate of drug-likeness (QED) is 0.740. The zero-order valence-corrected chi connectivity index (χ0v) is 14.0. The van der Waals surface area contributed by atoms with Crippen LogP contribution < -0.4 is 10.0 Å². The second-order valence-corrected chi connectivity index (χ2v) is 7.35. The largest absolute Gasteiger partial charge is 0.316 e. The number of nitrogens with zero attached hydrogens (tertiary/aromatic N) is 2. The Labute approximate surface area is 128 Å². The first-order chi connectivity index (χ1) is 9.85. The number of aromatic nitrogens is 3. The first-order valence-electron chi connectivity index (χ1n) is 6.48. The number of aryl methyl sites for hydroxylation is 2. The predicted molar refractivity (Wildman–Crippen MR) is 81.7 cm³/mol. The molecule has 0 aliphatic carbocycles. The van der Waals surface area contributed by atoms with Crippen LogP contribution in [-0.2, 0) is 16.6 Å². The molecule has 9 heteroatoms. The zero-order chi connectivity index (χ0) is 15.6. The minimum Gasteiger partial charge on any atom is -0.316 e. The van der Waals surface area contributed by atoms with Crippen LogP contribution in [0.5, 0.6) is 0 Å². The first-order valence-corrected chi connectivity index (χ1v) is 8.84. The molecule has 2 rings (SSSR count). The van der Waals surface area contributed by atoms with Crippen LogP contribution in [0.25, 0.3) is 0 Å². The van der Waals surface area contributed by atoms with Gasteiger partial charge in [-0.2, -0.15) is 5.10 Å². The Morgan fingerprint density at radius 2 is 2.14 bits per heavy atom. The molecule has 0 amide bonds. The van der Waals surface area contributed by atoms with E-state index in [4.69, 9.17) is 0 Å². The number of H-pyrrole nitrogens is 1. The molecule has 116 valence electrons. The van der Waals surface area contributed by atoms with Gasteiger partial charge in [-0.05, 0) is 27.8 Å². The van der Waals surface area contributed by atoms with E-state index in [1.54, 1.807) is 20.9 Å². The van der Waals surface area contributed by atoms with Crippen LogP contribution in [0.1, 0.15) is 34.9 Å². The van der Waals surface area contributed by atoms with Crippen LogP contribution in [0.3, 0.4) is 0 Å². The summed E-state index contributed by atoms with van der Waals surface area (Å²) >= 11 is 1.43. The molecule has 2 aromatic rings. The highest BCUT2D eigenvalue weighted by atomic mass is 32.2. The Balaban J connectivity index is 2.26. The summed E-state index contributed by atoms with van der Waals surface area (Å²) < 4.78 is 27.6. The highest BCUT2D eigenvalue weighted by molar-refractivity contribution is 7.89. The molecule has 0 radical (unpaired) electrons. The zero-order valence-electron chi connectivity index (χ0n) is 12.4. The summed E-state index contributed by atoms with van der Waals surface area (Å²) in [5.74, 6) is 0. The van der Waals surface area contributed by atoms with E-state index >= 15 is 0 Å². The van der Waals surface area contributed by atoms with E-state index in [-0.39, 0.29) is 5.03 Å². The monoisotopic (exact) mass is 329 g/mol. The van der Waals surface area contributed by atoms with Crippen molar-refractivity contribution in [2.45, 2.75) is 38.4 Å². The Bertz CT molecular complexity index is 720. The summed E-state index contributed by atoms with van der Waals surface area (Å²) in [6.07, 6.45) is 0. The average molecular weight is 329 g/mol. The number of hydrogen-bond acceptors (Lipinski definition) is 6. The van der Waals surface area contributed by atoms with Crippen molar-refractivity contribution in [2.75, 3.05) is 7.05 Å². The molecule has 21 heavy (non-hydrogen) atoms. The molecule has 0 saturated carbocycles. The third-order valence-corrected chi connectivity index (χ3v) is 5.64. The minimum atomic E-state index is -3.70. The van der Waals surface area contributed by atoms with Gasteiger partial charge in [-0.1, -0.05) is 0 Å². The standard InChI is InChI=1S/C12H19N5O2S2/c1-7-6-20-11(14-7)9(3)17-21(18,19)12-10(5-13-4)8(2)15-16-12/h6,9,13,17H,5H2,1-4H3,(H,15,16). The molecule has 0 fully saturated rings. The van der Waals surface area contributed by atoms with Crippen molar-refractivity contribution in [2.24, 2.45) is 0 Å². The summed E-state index contributed by atoms with van der Waals surface area (Å²) in [6, 6.07) is -0.395.